The standard InChI is InChI=1S/C14H17NO3/c16-14-13(18-11-8-4-5-9-17-11)12(15-14)10-6-2-1-3-7-10/h1-3,6-7,11-13H,4-5,8-9H2,(H,15,16)/t11?,12-,13+/m0/s1. The van der Waals surface area contributed by atoms with Crippen molar-refractivity contribution < 1.29 is 14.3 Å². The summed E-state index contributed by atoms with van der Waals surface area (Å²) in [6.07, 6.45) is 2.44. The monoisotopic (exact) mass is 247 g/mol. The third-order valence-corrected chi connectivity index (χ3v) is 3.45. The Bertz CT molecular complexity index is 414. The van der Waals surface area contributed by atoms with Crippen LogP contribution in [0.4, 0.5) is 0 Å². The predicted molar refractivity (Wildman–Crippen MR) is 65.8 cm³/mol. The highest BCUT2D eigenvalue weighted by atomic mass is 16.7. The number of β-lactam (4-membered cyclic amide) rings is 1. The molecule has 3 rings (SSSR count). The van der Waals surface area contributed by atoms with Crippen molar-refractivity contribution in [1.82, 2.24) is 5.32 Å². The highest BCUT2D eigenvalue weighted by Gasteiger charge is 2.43. The van der Waals surface area contributed by atoms with Crippen LogP contribution < -0.4 is 5.32 Å². The van der Waals surface area contributed by atoms with Crippen molar-refractivity contribution in [3.05, 3.63) is 35.9 Å². The summed E-state index contributed by atoms with van der Waals surface area (Å²) in [4.78, 5) is 11.6. The van der Waals surface area contributed by atoms with Crippen LogP contribution in [0.3, 0.4) is 0 Å². The fourth-order valence-electron chi connectivity index (χ4n) is 2.41. The molecule has 2 saturated heterocycles. The molecule has 0 aromatic heterocycles. The molecular weight excluding hydrogens is 230 g/mol. The summed E-state index contributed by atoms with van der Waals surface area (Å²) in [6.45, 7) is 0.731. The Morgan fingerprint density at radius 3 is 2.72 bits per heavy atom. The lowest BCUT2D eigenvalue weighted by Crippen LogP contribution is -2.58. The van der Waals surface area contributed by atoms with Gasteiger partial charge >= 0.3 is 0 Å². The number of carbonyl (C=O) groups is 1. The highest BCUT2D eigenvalue weighted by Crippen LogP contribution is 2.29. The first-order valence-electron chi connectivity index (χ1n) is 6.47. The van der Waals surface area contributed by atoms with Crippen molar-refractivity contribution in [2.45, 2.75) is 37.7 Å². The zero-order chi connectivity index (χ0) is 12.4. The number of hydrogen-bond acceptors (Lipinski definition) is 3. The van der Waals surface area contributed by atoms with Crippen LogP contribution in [0.25, 0.3) is 0 Å². The maximum absolute atomic E-state index is 11.6. The SMILES string of the molecule is O=C1N[C@@H](c2ccccc2)[C@H]1OC1CCCCO1. The van der Waals surface area contributed by atoms with E-state index in [4.69, 9.17) is 9.47 Å². The van der Waals surface area contributed by atoms with E-state index in [2.05, 4.69) is 5.32 Å². The van der Waals surface area contributed by atoms with Crippen molar-refractivity contribution in [1.29, 1.82) is 0 Å². The van der Waals surface area contributed by atoms with E-state index in [-0.39, 0.29) is 18.2 Å². The molecule has 2 heterocycles. The Morgan fingerprint density at radius 1 is 1.22 bits per heavy atom. The first-order valence-corrected chi connectivity index (χ1v) is 6.47. The molecule has 1 amide bonds. The van der Waals surface area contributed by atoms with Crippen molar-refractivity contribution in [2.24, 2.45) is 0 Å². The van der Waals surface area contributed by atoms with E-state index in [9.17, 15) is 4.79 Å². The summed E-state index contributed by atoms with van der Waals surface area (Å²) in [5.74, 6) is -0.0435. The quantitative estimate of drug-likeness (QED) is 0.828. The molecule has 0 radical (unpaired) electrons. The molecule has 2 aliphatic rings. The van der Waals surface area contributed by atoms with Crippen molar-refractivity contribution in [3.8, 4) is 0 Å². The lowest BCUT2D eigenvalue weighted by Gasteiger charge is -2.39. The van der Waals surface area contributed by atoms with Gasteiger partial charge in [-0.25, -0.2) is 0 Å². The molecule has 1 N–H and O–H groups in total. The normalized spacial score (nSPS) is 31.6. The summed E-state index contributed by atoms with van der Waals surface area (Å²) >= 11 is 0. The van der Waals surface area contributed by atoms with Gasteiger partial charge in [0.2, 0.25) is 0 Å². The van der Waals surface area contributed by atoms with Crippen molar-refractivity contribution in [2.75, 3.05) is 6.61 Å². The van der Waals surface area contributed by atoms with Crippen LogP contribution in [0, 0.1) is 0 Å². The molecule has 18 heavy (non-hydrogen) atoms. The lowest BCUT2D eigenvalue weighted by molar-refractivity contribution is -0.210. The van der Waals surface area contributed by atoms with E-state index in [1.54, 1.807) is 0 Å². The molecule has 2 fully saturated rings. The Kier molecular flexibility index (Phi) is 3.30. The van der Waals surface area contributed by atoms with E-state index in [0.29, 0.717) is 0 Å². The molecule has 4 heteroatoms. The summed E-state index contributed by atoms with van der Waals surface area (Å²) < 4.78 is 11.3. The molecule has 4 nitrogen and oxygen atoms in total. The van der Waals surface area contributed by atoms with Crippen LogP contribution in [0.15, 0.2) is 30.3 Å². The van der Waals surface area contributed by atoms with Gasteiger partial charge in [0.05, 0.1) is 6.04 Å². The van der Waals surface area contributed by atoms with Gasteiger partial charge in [0.1, 0.15) is 0 Å². The minimum absolute atomic E-state index is 0.0378. The molecule has 1 aromatic carbocycles. The van der Waals surface area contributed by atoms with Crippen LogP contribution in [0.2, 0.25) is 0 Å². The summed E-state index contributed by atoms with van der Waals surface area (Å²) in [6, 6.07) is 9.86. The number of ether oxygens (including phenoxy) is 2. The van der Waals surface area contributed by atoms with E-state index < -0.39 is 6.10 Å². The Balaban J connectivity index is 1.65. The largest absolute Gasteiger partial charge is 0.353 e. The zero-order valence-electron chi connectivity index (χ0n) is 10.2. The molecule has 0 aliphatic carbocycles. The maximum atomic E-state index is 11.6. The summed E-state index contributed by atoms with van der Waals surface area (Å²) in [5, 5.41) is 2.88. The van der Waals surface area contributed by atoms with Gasteiger partial charge in [-0.1, -0.05) is 30.3 Å². The van der Waals surface area contributed by atoms with Gasteiger partial charge in [0.25, 0.3) is 5.91 Å². The van der Waals surface area contributed by atoms with E-state index in [1.165, 1.54) is 0 Å². The second-order valence-electron chi connectivity index (χ2n) is 4.75. The fourth-order valence-corrected chi connectivity index (χ4v) is 2.41. The van der Waals surface area contributed by atoms with Gasteiger partial charge in [-0.2, -0.15) is 0 Å². The molecule has 0 spiro atoms. The van der Waals surface area contributed by atoms with Crippen molar-refractivity contribution in [3.63, 3.8) is 0 Å². The first-order chi connectivity index (χ1) is 8.84. The Hall–Kier alpha value is -1.39. The van der Waals surface area contributed by atoms with E-state index in [0.717, 1.165) is 31.4 Å². The fraction of sp³-hybridized carbons (Fsp3) is 0.500. The summed E-state index contributed by atoms with van der Waals surface area (Å²) in [7, 11) is 0. The summed E-state index contributed by atoms with van der Waals surface area (Å²) in [5.41, 5.74) is 1.08. The number of hydrogen-bond donors (Lipinski definition) is 1. The molecule has 2 aliphatic heterocycles. The zero-order valence-corrected chi connectivity index (χ0v) is 10.2. The Morgan fingerprint density at radius 2 is 2.06 bits per heavy atom. The average molecular weight is 247 g/mol. The molecule has 1 aromatic rings. The van der Waals surface area contributed by atoms with Gasteiger partial charge in [0, 0.05) is 6.61 Å². The average Bonchev–Trinajstić information content (AvgIpc) is 2.44. The van der Waals surface area contributed by atoms with Gasteiger partial charge in [0.15, 0.2) is 12.4 Å². The van der Waals surface area contributed by atoms with E-state index >= 15 is 0 Å². The van der Waals surface area contributed by atoms with Crippen LogP contribution in [-0.4, -0.2) is 24.9 Å². The molecular formula is C14H17NO3. The predicted octanol–water partition coefficient (Wildman–Crippen LogP) is 1.77. The van der Waals surface area contributed by atoms with E-state index in [1.807, 2.05) is 30.3 Å². The maximum Gasteiger partial charge on any atom is 0.252 e. The van der Waals surface area contributed by atoms with Crippen LogP contribution in [0.1, 0.15) is 30.9 Å². The lowest BCUT2D eigenvalue weighted by atomic mass is 9.94. The van der Waals surface area contributed by atoms with Crippen LogP contribution in [0.5, 0.6) is 0 Å². The van der Waals surface area contributed by atoms with Crippen LogP contribution in [-0.2, 0) is 14.3 Å². The highest BCUT2D eigenvalue weighted by molar-refractivity contribution is 5.88. The van der Waals surface area contributed by atoms with Gasteiger partial charge in [-0.15, -0.1) is 0 Å². The van der Waals surface area contributed by atoms with Gasteiger partial charge in [-0.3, -0.25) is 4.79 Å². The minimum atomic E-state index is -0.407. The Labute approximate surface area is 106 Å². The number of nitrogens with one attached hydrogen (secondary N) is 1. The second-order valence-corrected chi connectivity index (χ2v) is 4.75. The third kappa shape index (κ3) is 2.26. The first kappa shape index (κ1) is 11.7. The topological polar surface area (TPSA) is 47.6 Å². The van der Waals surface area contributed by atoms with Gasteiger partial charge < -0.3 is 14.8 Å². The molecule has 1 unspecified atom stereocenters. The number of rotatable bonds is 3. The minimum Gasteiger partial charge on any atom is -0.353 e. The molecule has 0 bridgehead atoms. The molecule has 96 valence electrons. The third-order valence-electron chi connectivity index (χ3n) is 3.45. The number of carbonyl (C=O) groups excluding carboxylic acids is 1. The van der Waals surface area contributed by atoms with Crippen LogP contribution >= 0.6 is 0 Å². The smallest absolute Gasteiger partial charge is 0.252 e. The molecule has 0 saturated carbocycles. The van der Waals surface area contributed by atoms with Crippen molar-refractivity contribution >= 4 is 5.91 Å². The van der Waals surface area contributed by atoms with Gasteiger partial charge in [-0.05, 0) is 24.8 Å². The number of benzene rings is 1. The molecule has 3 atom stereocenters. The second kappa shape index (κ2) is 5.08. The number of amides is 1.